The fraction of sp³-hybridized carbons (Fsp3) is 0.188. The molecule has 0 aliphatic rings. The number of carbonyl (C=O) groups excluding carboxylic acids is 1. The van der Waals surface area contributed by atoms with Crippen molar-refractivity contribution in [2.24, 2.45) is 5.73 Å². The van der Waals surface area contributed by atoms with Gasteiger partial charge in [0, 0.05) is 12.1 Å². The molecule has 0 bridgehead atoms. The van der Waals surface area contributed by atoms with Gasteiger partial charge in [0.25, 0.3) is 11.6 Å². The Morgan fingerprint density at radius 3 is 2.17 bits per heavy atom. The second-order valence-corrected chi connectivity index (χ2v) is 5.28. The van der Waals surface area contributed by atoms with Gasteiger partial charge in [-0.1, -0.05) is 12.1 Å². The van der Waals surface area contributed by atoms with Crippen LogP contribution in [-0.2, 0) is 4.79 Å². The summed E-state index contributed by atoms with van der Waals surface area (Å²) in [6, 6.07) is 12.4. The van der Waals surface area contributed by atoms with Gasteiger partial charge in [0.2, 0.25) is 0 Å². The number of carbonyl (C=O) groups is 1. The highest BCUT2D eigenvalue weighted by Crippen LogP contribution is 2.34. The topological polar surface area (TPSA) is 105 Å². The highest BCUT2D eigenvalue weighted by atomic mass is 16.6. The number of nitrogens with two attached hydrogens (primary N) is 1. The molecule has 2 N–H and O–H groups in total. The molecule has 0 saturated heterocycles. The van der Waals surface area contributed by atoms with E-state index in [9.17, 15) is 14.9 Å². The molecule has 0 saturated carbocycles. The second kappa shape index (κ2) is 6.35. The number of hydrogen-bond acceptors (Lipinski definition) is 5. The van der Waals surface area contributed by atoms with Gasteiger partial charge >= 0.3 is 0 Å². The zero-order valence-corrected chi connectivity index (χ0v) is 12.7. The largest absolute Gasteiger partial charge is 0.474 e. The molecule has 2 aromatic carbocycles. The first-order valence-electron chi connectivity index (χ1n) is 6.80. The molecular weight excluding hydrogens is 300 g/mol. The van der Waals surface area contributed by atoms with Crippen molar-refractivity contribution < 1.29 is 19.2 Å². The quantitative estimate of drug-likeness (QED) is 0.651. The highest BCUT2D eigenvalue weighted by Gasteiger charge is 2.28. The summed E-state index contributed by atoms with van der Waals surface area (Å²) in [5.41, 5.74) is 4.07. The average molecular weight is 316 g/mol. The molecule has 7 nitrogen and oxygen atoms in total. The minimum atomic E-state index is -1.20. The number of benzene rings is 2. The summed E-state index contributed by atoms with van der Waals surface area (Å²) < 4.78 is 11.3. The van der Waals surface area contributed by atoms with Crippen molar-refractivity contribution in [3.05, 3.63) is 58.6 Å². The van der Waals surface area contributed by atoms with Gasteiger partial charge in [0.15, 0.2) is 17.1 Å². The first kappa shape index (κ1) is 16.3. The molecule has 1 amide bonds. The number of primary amides is 1. The van der Waals surface area contributed by atoms with E-state index >= 15 is 0 Å². The van der Waals surface area contributed by atoms with Crippen LogP contribution in [0.2, 0.25) is 0 Å². The van der Waals surface area contributed by atoms with Gasteiger partial charge in [0.05, 0.1) is 4.92 Å². The van der Waals surface area contributed by atoms with Crippen LogP contribution in [0.25, 0.3) is 0 Å². The van der Waals surface area contributed by atoms with E-state index in [4.69, 9.17) is 15.2 Å². The minimum Gasteiger partial charge on any atom is -0.474 e. The molecule has 0 aliphatic carbocycles. The maximum Gasteiger partial charge on any atom is 0.269 e. The Hall–Kier alpha value is -3.09. The molecule has 23 heavy (non-hydrogen) atoms. The SMILES string of the molecule is CC(C)(Oc1ccccc1Oc1ccc([N+](=O)[O-])cc1)C(N)=O. The Morgan fingerprint density at radius 2 is 1.65 bits per heavy atom. The van der Waals surface area contributed by atoms with Gasteiger partial charge in [0.1, 0.15) is 5.75 Å². The van der Waals surface area contributed by atoms with E-state index in [-0.39, 0.29) is 5.69 Å². The smallest absolute Gasteiger partial charge is 0.269 e. The minimum absolute atomic E-state index is 0.0308. The van der Waals surface area contributed by atoms with Crippen LogP contribution in [0.5, 0.6) is 17.2 Å². The van der Waals surface area contributed by atoms with Crippen LogP contribution >= 0.6 is 0 Å². The summed E-state index contributed by atoms with van der Waals surface area (Å²) in [5, 5.41) is 10.6. The van der Waals surface area contributed by atoms with Gasteiger partial charge in [-0.3, -0.25) is 14.9 Å². The van der Waals surface area contributed by atoms with Crippen molar-refractivity contribution in [1.82, 2.24) is 0 Å². The lowest BCUT2D eigenvalue weighted by molar-refractivity contribution is -0.384. The highest BCUT2D eigenvalue weighted by molar-refractivity contribution is 5.83. The molecule has 0 unspecified atom stereocenters. The van der Waals surface area contributed by atoms with Gasteiger partial charge in [-0.15, -0.1) is 0 Å². The standard InChI is InChI=1S/C16H16N2O5/c1-16(2,15(17)19)23-14-6-4-3-5-13(14)22-12-9-7-11(8-10-12)18(20)21/h3-10H,1-2H3,(H2,17,19). The fourth-order valence-corrected chi connectivity index (χ4v) is 1.71. The molecule has 120 valence electrons. The zero-order chi connectivity index (χ0) is 17.0. The molecule has 0 aromatic heterocycles. The Morgan fingerprint density at radius 1 is 1.09 bits per heavy atom. The first-order valence-corrected chi connectivity index (χ1v) is 6.80. The number of rotatable bonds is 6. The maximum absolute atomic E-state index is 11.4. The van der Waals surface area contributed by atoms with E-state index in [0.29, 0.717) is 17.2 Å². The van der Waals surface area contributed by atoms with Crippen molar-refractivity contribution in [3.8, 4) is 17.2 Å². The summed E-state index contributed by atoms with van der Waals surface area (Å²) in [6.45, 7) is 3.11. The Labute approximate surface area is 132 Å². The summed E-state index contributed by atoms with van der Waals surface area (Å²) >= 11 is 0. The lowest BCUT2D eigenvalue weighted by Gasteiger charge is -2.24. The average Bonchev–Trinajstić information content (AvgIpc) is 2.49. The number of para-hydroxylation sites is 2. The summed E-state index contributed by atoms with van der Waals surface area (Å²) in [4.78, 5) is 21.5. The fourth-order valence-electron chi connectivity index (χ4n) is 1.71. The third-order valence-electron chi connectivity index (χ3n) is 3.08. The number of amides is 1. The van der Waals surface area contributed by atoms with Crippen molar-refractivity contribution in [1.29, 1.82) is 0 Å². The number of hydrogen-bond donors (Lipinski definition) is 1. The Balaban J connectivity index is 2.23. The van der Waals surface area contributed by atoms with Crippen LogP contribution in [0.15, 0.2) is 48.5 Å². The predicted octanol–water partition coefficient (Wildman–Crippen LogP) is 3.03. The van der Waals surface area contributed by atoms with Gasteiger partial charge in [-0.05, 0) is 38.1 Å². The number of nitro groups is 1. The lowest BCUT2D eigenvalue weighted by atomic mass is 10.1. The van der Waals surface area contributed by atoms with E-state index in [1.165, 1.54) is 24.3 Å². The van der Waals surface area contributed by atoms with Crippen LogP contribution in [-0.4, -0.2) is 16.4 Å². The molecule has 2 rings (SSSR count). The molecule has 0 radical (unpaired) electrons. The molecule has 0 aliphatic heterocycles. The van der Waals surface area contributed by atoms with Gasteiger partial charge in [-0.2, -0.15) is 0 Å². The predicted molar refractivity (Wildman–Crippen MR) is 83.5 cm³/mol. The van der Waals surface area contributed by atoms with Crippen molar-refractivity contribution in [2.45, 2.75) is 19.4 Å². The first-order chi connectivity index (χ1) is 10.8. The van der Waals surface area contributed by atoms with E-state index in [2.05, 4.69) is 0 Å². The van der Waals surface area contributed by atoms with E-state index in [1.54, 1.807) is 38.1 Å². The Kier molecular flexibility index (Phi) is 4.49. The maximum atomic E-state index is 11.4. The number of non-ortho nitro benzene ring substituents is 1. The van der Waals surface area contributed by atoms with Crippen LogP contribution < -0.4 is 15.2 Å². The van der Waals surface area contributed by atoms with Crippen LogP contribution in [0, 0.1) is 10.1 Å². The second-order valence-electron chi connectivity index (χ2n) is 5.28. The monoisotopic (exact) mass is 316 g/mol. The normalized spacial score (nSPS) is 10.9. The number of ether oxygens (including phenoxy) is 2. The van der Waals surface area contributed by atoms with E-state index in [1.807, 2.05) is 0 Å². The molecule has 0 heterocycles. The third kappa shape index (κ3) is 3.97. The van der Waals surface area contributed by atoms with Crippen LogP contribution in [0.1, 0.15) is 13.8 Å². The van der Waals surface area contributed by atoms with Gasteiger partial charge < -0.3 is 15.2 Å². The third-order valence-corrected chi connectivity index (χ3v) is 3.08. The molecule has 0 spiro atoms. The van der Waals surface area contributed by atoms with Crippen LogP contribution in [0.3, 0.4) is 0 Å². The molecule has 0 fully saturated rings. The molecule has 7 heteroatoms. The zero-order valence-electron chi connectivity index (χ0n) is 12.7. The molecular formula is C16H16N2O5. The van der Waals surface area contributed by atoms with Crippen molar-refractivity contribution in [3.63, 3.8) is 0 Å². The number of nitro benzene ring substituents is 1. The van der Waals surface area contributed by atoms with Crippen molar-refractivity contribution in [2.75, 3.05) is 0 Å². The summed E-state index contributed by atoms with van der Waals surface area (Å²) in [5.74, 6) is 0.511. The van der Waals surface area contributed by atoms with E-state index in [0.717, 1.165) is 0 Å². The lowest BCUT2D eigenvalue weighted by Crippen LogP contribution is -2.43. The van der Waals surface area contributed by atoms with Crippen molar-refractivity contribution >= 4 is 11.6 Å². The van der Waals surface area contributed by atoms with E-state index < -0.39 is 16.4 Å². The summed E-state index contributed by atoms with van der Waals surface area (Å²) in [7, 11) is 0. The Bertz CT molecular complexity index is 726. The van der Waals surface area contributed by atoms with Crippen LogP contribution in [0.4, 0.5) is 5.69 Å². The summed E-state index contributed by atoms with van der Waals surface area (Å²) in [6.07, 6.45) is 0. The van der Waals surface area contributed by atoms with Gasteiger partial charge in [-0.25, -0.2) is 0 Å². The molecule has 0 atom stereocenters. The number of nitrogens with zero attached hydrogens (tertiary/aromatic N) is 1. The molecule has 2 aromatic rings.